The fraction of sp³-hybridized carbons (Fsp3) is 0.176. The Labute approximate surface area is 113 Å². The van der Waals surface area contributed by atoms with E-state index in [1.54, 1.807) is 0 Å². The van der Waals surface area contributed by atoms with E-state index in [1.807, 2.05) is 7.05 Å². The van der Waals surface area contributed by atoms with Crippen LogP contribution in [0.25, 0.3) is 12.2 Å². The summed E-state index contributed by atoms with van der Waals surface area (Å²) in [6.45, 7) is 0. The van der Waals surface area contributed by atoms with Gasteiger partial charge in [0.2, 0.25) is 0 Å². The summed E-state index contributed by atoms with van der Waals surface area (Å²) in [6, 6.07) is 16.9. The van der Waals surface area contributed by atoms with Crippen molar-refractivity contribution < 1.29 is 4.84 Å². The topological polar surface area (TPSA) is 21.3 Å². The van der Waals surface area contributed by atoms with Crippen molar-refractivity contribution in [2.24, 2.45) is 0 Å². The van der Waals surface area contributed by atoms with Crippen molar-refractivity contribution in [1.29, 1.82) is 0 Å². The highest BCUT2D eigenvalue weighted by Gasteiger charge is 2.18. The van der Waals surface area contributed by atoms with E-state index in [0.29, 0.717) is 0 Å². The molecule has 0 aromatic heterocycles. The SMILES string of the molecule is CNOC1Cc2ccccc2/C=C\c2ccccc21. The second kappa shape index (κ2) is 5.39. The van der Waals surface area contributed by atoms with Gasteiger partial charge in [-0.25, -0.2) is 5.48 Å². The second-order valence-electron chi connectivity index (χ2n) is 4.68. The number of hydrogen-bond donors (Lipinski definition) is 1. The minimum atomic E-state index is 0.0345. The molecule has 0 fully saturated rings. The molecule has 0 saturated heterocycles. The normalized spacial score (nSPS) is 18.9. The number of fused-ring (bicyclic) bond motifs is 2. The summed E-state index contributed by atoms with van der Waals surface area (Å²) in [5, 5.41) is 0. The molecule has 0 bridgehead atoms. The van der Waals surface area contributed by atoms with Gasteiger partial charge in [0.05, 0.1) is 0 Å². The fourth-order valence-electron chi connectivity index (χ4n) is 2.58. The molecule has 19 heavy (non-hydrogen) atoms. The van der Waals surface area contributed by atoms with Crippen LogP contribution in [0.3, 0.4) is 0 Å². The van der Waals surface area contributed by atoms with Gasteiger partial charge in [0.25, 0.3) is 0 Å². The third-order valence-electron chi connectivity index (χ3n) is 3.51. The van der Waals surface area contributed by atoms with E-state index in [2.05, 4.69) is 66.2 Å². The minimum absolute atomic E-state index is 0.0345. The van der Waals surface area contributed by atoms with Crippen LogP contribution >= 0.6 is 0 Å². The summed E-state index contributed by atoms with van der Waals surface area (Å²) in [4.78, 5) is 5.72. The van der Waals surface area contributed by atoms with Gasteiger partial charge in [-0.05, 0) is 22.3 Å². The first-order valence-corrected chi connectivity index (χ1v) is 6.56. The number of rotatable bonds is 2. The zero-order valence-corrected chi connectivity index (χ0v) is 11.0. The van der Waals surface area contributed by atoms with Gasteiger partial charge in [-0.1, -0.05) is 60.7 Å². The lowest BCUT2D eigenvalue weighted by molar-refractivity contribution is -0.0133. The van der Waals surface area contributed by atoms with E-state index >= 15 is 0 Å². The first kappa shape index (κ1) is 12.2. The van der Waals surface area contributed by atoms with E-state index in [9.17, 15) is 0 Å². The van der Waals surface area contributed by atoms with E-state index in [-0.39, 0.29) is 6.10 Å². The van der Waals surface area contributed by atoms with E-state index in [1.165, 1.54) is 22.3 Å². The highest BCUT2D eigenvalue weighted by atomic mass is 16.7. The summed E-state index contributed by atoms with van der Waals surface area (Å²) in [7, 11) is 1.81. The number of nitrogens with one attached hydrogen (secondary N) is 1. The van der Waals surface area contributed by atoms with E-state index in [0.717, 1.165) is 6.42 Å². The molecule has 1 N–H and O–H groups in total. The van der Waals surface area contributed by atoms with Crippen LogP contribution in [0.4, 0.5) is 0 Å². The maximum Gasteiger partial charge on any atom is 0.109 e. The van der Waals surface area contributed by atoms with Crippen LogP contribution in [-0.4, -0.2) is 7.05 Å². The molecule has 0 saturated carbocycles. The first-order chi connectivity index (χ1) is 9.38. The molecule has 96 valence electrons. The van der Waals surface area contributed by atoms with Crippen LogP contribution in [0, 0.1) is 0 Å². The summed E-state index contributed by atoms with van der Waals surface area (Å²) in [5.41, 5.74) is 7.86. The zero-order chi connectivity index (χ0) is 13.1. The van der Waals surface area contributed by atoms with Crippen molar-refractivity contribution in [3.8, 4) is 0 Å². The molecule has 0 amide bonds. The Morgan fingerprint density at radius 2 is 1.63 bits per heavy atom. The largest absolute Gasteiger partial charge is 0.294 e. The molecule has 0 heterocycles. The van der Waals surface area contributed by atoms with Crippen LogP contribution in [0.2, 0.25) is 0 Å². The molecule has 2 nitrogen and oxygen atoms in total. The van der Waals surface area contributed by atoms with Crippen molar-refractivity contribution in [3.63, 3.8) is 0 Å². The molecule has 0 spiro atoms. The van der Waals surface area contributed by atoms with Gasteiger partial charge >= 0.3 is 0 Å². The fourth-order valence-corrected chi connectivity index (χ4v) is 2.58. The third-order valence-corrected chi connectivity index (χ3v) is 3.51. The Bertz CT molecular complexity index is 604. The molecule has 2 heteroatoms. The van der Waals surface area contributed by atoms with Crippen molar-refractivity contribution in [2.75, 3.05) is 7.05 Å². The van der Waals surface area contributed by atoms with Gasteiger partial charge in [0.15, 0.2) is 0 Å². The van der Waals surface area contributed by atoms with Crippen molar-refractivity contribution in [3.05, 3.63) is 70.8 Å². The first-order valence-electron chi connectivity index (χ1n) is 6.56. The van der Waals surface area contributed by atoms with Gasteiger partial charge in [0, 0.05) is 13.5 Å². The lowest BCUT2D eigenvalue weighted by Gasteiger charge is -2.22. The lowest BCUT2D eigenvalue weighted by Crippen LogP contribution is -2.18. The van der Waals surface area contributed by atoms with Crippen LogP contribution in [0.1, 0.15) is 28.4 Å². The maximum atomic E-state index is 5.72. The third kappa shape index (κ3) is 2.46. The quantitative estimate of drug-likeness (QED) is 0.823. The Kier molecular flexibility index (Phi) is 3.45. The average molecular weight is 251 g/mol. The molecule has 1 aliphatic carbocycles. The maximum absolute atomic E-state index is 5.72. The van der Waals surface area contributed by atoms with Gasteiger partial charge < -0.3 is 0 Å². The summed E-state index contributed by atoms with van der Waals surface area (Å²) in [6.07, 6.45) is 5.26. The number of hydroxylamine groups is 1. The molecule has 1 aliphatic rings. The predicted octanol–water partition coefficient (Wildman–Crippen LogP) is 3.61. The van der Waals surface area contributed by atoms with E-state index < -0.39 is 0 Å². The Balaban J connectivity index is 2.11. The number of hydrogen-bond acceptors (Lipinski definition) is 2. The molecule has 0 aliphatic heterocycles. The zero-order valence-electron chi connectivity index (χ0n) is 11.0. The lowest BCUT2D eigenvalue weighted by atomic mass is 9.91. The Hall–Kier alpha value is -1.90. The van der Waals surface area contributed by atoms with Crippen molar-refractivity contribution in [2.45, 2.75) is 12.5 Å². The molecule has 3 rings (SSSR count). The Morgan fingerprint density at radius 3 is 2.47 bits per heavy atom. The highest BCUT2D eigenvalue weighted by molar-refractivity contribution is 5.73. The molecule has 1 unspecified atom stereocenters. The summed E-state index contributed by atoms with van der Waals surface area (Å²) in [5.74, 6) is 0. The van der Waals surface area contributed by atoms with Gasteiger partial charge in [-0.3, -0.25) is 4.84 Å². The molecule has 1 atom stereocenters. The predicted molar refractivity (Wildman–Crippen MR) is 78.4 cm³/mol. The average Bonchev–Trinajstić information content (AvgIpc) is 2.44. The second-order valence-corrected chi connectivity index (χ2v) is 4.68. The Morgan fingerprint density at radius 1 is 0.947 bits per heavy atom. The monoisotopic (exact) mass is 251 g/mol. The molecule has 0 radical (unpaired) electrons. The van der Waals surface area contributed by atoms with Crippen molar-refractivity contribution >= 4 is 12.2 Å². The standard InChI is InChI=1S/C17H17NO/c1-18-19-17-12-15-8-3-2-6-13(15)10-11-14-7-4-5-9-16(14)17/h2-11,17-18H,12H2,1H3/b11-10-. The number of benzene rings is 2. The highest BCUT2D eigenvalue weighted by Crippen LogP contribution is 2.30. The smallest absolute Gasteiger partial charge is 0.109 e. The van der Waals surface area contributed by atoms with Crippen molar-refractivity contribution in [1.82, 2.24) is 5.48 Å². The molecule has 2 aromatic carbocycles. The van der Waals surface area contributed by atoms with Gasteiger partial charge in [-0.15, -0.1) is 0 Å². The van der Waals surface area contributed by atoms with Crippen LogP contribution < -0.4 is 5.48 Å². The molecule has 2 aromatic rings. The van der Waals surface area contributed by atoms with Crippen LogP contribution in [-0.2, 0) is 11.3 Å². The van der Waals surface area contributed by atoms with E-state index in [4.69, 9.17) is 4.84 Å². The molecular weight excluding hydrogens is 234 g/mol. The van der Waals surface area contributed by atoms with Crippen LogP contribution in [0.15, 0.2) is 48.5 Å². The minimum Gasteiger partial charge on any atom is -0.294 e. The van der Waals surface area contributed by atoms with Crippen LogP contribution in [0.5, 0.6) is 0 Å². The molecular formula is C17H17NO. The summed E-state index contributed by atoms with van der Waals surface area (Å²) >= 11 is 0. The summed E-state index contributed by atoms with van der Waals surface area (Å²) < 4.78 is 0. The van der Waals surface area contributed by atoms with Gasteiger partial charge in [-0.2, -0.15) is 0 Å². The van der Waals surface area contributed by atoms with Gasteiger partial charge in [0.1, 0.15) is 6.10 Å².